The summed E-state index contributed by atoms with van der Waals surface area (Å²) in [6.07, 6.45) is 1.04. The third-order valence-corrected chi connectivity index (χ3v) is 1.11. The van der Waals surface area contributed by atoms with Crippen molar-refractivity contribution in [1.29, 1.82) is 0 Å². The van der Waals surface area contributed by atoms with E-state index < -0.39 is 5.82 Å². The second kappa shape index (κ2) is 3.11. The predicted molar refractivity (Wildman–Crippen MR) is 39.3 cm³/mol. The van der Waals surface area contributed by atoms with E-state index in [1.807, 2.05) is 0 Å². The van der Waals surface area contributed by atoms with Gasteiger partial charge in [0.05, 0.1) is 6.20 Å². The standard InChI is InChI=1S/C5H8FN5/c1-8-4-3(6)2-9-5(10-4)11-7/h2H,7H2,1H3,(H2,8,9,10,11). The highest BCUT2D eigenvalue weighted by molar-refractivity contribution is 5.39. The van der Waals surface area contributed by atoms with Crippen LogP contribution in [0.5, 0.6) is 0 Å². The molecule has 6 heteroatoms. The van der Waals surface area contributed by atoms with Crippen LogP contribution >= 0.6 is 0 Å². The normalized spacial score (nSPS) is 9.36. The third kappa shape index (κ3) is 1.53. The number of rotatable bonds is 2. The molecule has 0 fully saturated rings. The molecule has 0 aromatic carbocycles. The van der Waals surface area contributed by atoms with Crippen LogP contribution in [0.4, 0.5) is 16.2 Å². The van der Waals surface area contributed by atoms with Crippen molar-refractivity contribution in [3.63, 3.8) is 0 Å². The molecule has 5 nitrogen and oxygen atoms in total. The lowest BCUT2D eigenvalue weighted by Crippen LogP contribution is -2.11. The molecule has 0 aliphatic rings. The van der Waals surface area contributed by atoms with Gasteiger partial charge in [-0.05, 0) is 0 Å². The summed E-state index contributed by atoms with van der Waals surface area (Å²) in [6.45, 7) is 0. The van der Waals surface area contributed by atoms with Crippen LogP contribution in [0.25, 0.3) is 0 Å². The van der Waals surface area contributed by atoms with Crippen LogP contribution in [0.3, 0.4) is 0 Å². The second-order valence-electron chi connectivity index (χ2n) is 1.78. The van der Waals surface area contributed by atoms with E-state index in [0.29, 0.717) is 0 Å². The van der Waals surface area contributed by atoms with E-state index in [4.69, 9.17) is 5.84 Å². The zero-order valence-corrected chi connectivity index (χ0v) is 5.93. The molecule has 60 valence electrons. The van der Waals surface area contributed by atoms with Crippen LogP contribution in [0.2, 0.25) is 0 Å². The summed E-state index contributed by atoms with van der Waals surface area (Å²) in [6, 6.07) is 0. The SMILES string of the molecule is CNc1nc(NN)ncc1F. The summed E-state index contributed by atoms with van der Waals surface area (Å²) in [5, 5.41) is 2.55. The number of aromatic nitrogens is 2. The lowest BCUT2D eigenvalue weighted by atomic mass is 10.5. The van der Waals surface area contributed by atoms with Gasteiger partial charge in [0.15, 0.2) is 11.6 Å². The quantitative estimate of drug-likeness (QED) is 0.414. The van der Waals surface area contributed by atoms with Gasteiger partial charge in [-0.15, -0.1) is 0 Å². The number of hydrogen-bond acceptors (Lipinski definition) is 5. The van der Waals surface area contributed by atoms with Gasteiger partial charge < -0.3 is 5.32 Å². The Labute approximate surface area is 62.8 Å². The van der Waals surface area contributed by atoms with E-state index in [1.165, 1.54) is 0 Å². The van der Waals surface area contributed by atoms with Gasteiger partial charge in [0, 0.05) is 7.05 Å². The molecule has 1 heterocycles. The van der Waals surface area contributed by atoms with Crippen LogP contribution in [0.15, 0.2) is 6.20 Å². The smallest absolute Gasteiger partial charge is 0.239 e. The molecule has 4 N–H and O–H groups in total. The molecule has 1 aromatic rings. The van der Waals surface area contributed by atoms with Gasteiger partial charge in [-0.3, -0.25) is 5.43 Å². The molecular weight excluding hydrogens is 149 g/mol. The van der Waals surface area contributed by atoms with Gasteiger partial charge in [-0.1, -0.05) is 0 Å². The van der Waals surface area contributed by atoms with Crippen LogP contribution in [-0.2, 0) is 0 Å². The molecule has 0 bridgehead atoms. The van der Waals surface area contributed by atoms with E-state index in [0.717, 1.165) is 6.20 Å². The molecule has 0 spiro atoms. The Bertz CT molecular complexity index is 251. The summed E-state index contributed by atoms with van der Waals surface area (Å²) in [7, 11) is 1.56. The van der Waals surface area contributed by atoms with Crippen molar-refractivity contribution in [2.75, 3.05) is 17.8 Å². The molecule has 0 atom stereocenters. The predicted octanol–water partition coefficient (Wildman–Crippen LogP) is -0.0570. The Balaban J connectivity index is 3.02. The fourth-order valence-corrected chi connectivity index (χ4v) is 0.612. The van der Waals surface area contributed by atoms with Gasteiger partial charge in [0.1, 0.15) is 0 Å². The fourth-order valence-electron chi connectivity index (χ4n) is 0.612. The van der Waals surface area contributed by atoms with E-state index in [2.05, 4.69) is 20.7 Å². The van der Waals surface area contributed by atoms with Gasteiger partial charge in [-0.2, -0.15) is 4.98 Å². The van der Waals surface area contributed by atoms with Gasteiger partial charge in [0.25, 0.3) is 0 Å². The summed E-state index contributed by atoms with van der Waals surface area (Å²) in [4.78, 5) is 7.22. The molecule has 1 aromatic heterocycles. The molecule has 1 rings (SSSR count). The number of halogens is 1. The lowest BCUT2D eigenvalue weighted by molar-refractivity contribution is 0.618. The minimum atomic E-state index is -0.508. The molecule has 0 saturated carbocycles. The van der Waals surface area contributed by atoms with Gasteiger partial charge in [0.2, 0.25) is 5.95 Å². The number of anilines is 2. The molecule has 0 radical (unpaired) electrons. The Morgan fingerprint density at radius 2 is 2.36 bits per heavy atom. The average Bonchev–Trinajstić information content (AvgIpc) is 2.05. The monoisotopic (exact) mass is 157 g/mol. The van der Waals surface area contributed by atoms with Crippen LogP contribution in [0, 0.1) is 5.82 Å². The molecule has 11 heavy (non-hydrogen) atoms. The van der Waals surface area contributed by atoms with Crippen molar-refractivity contribution < 1.29 is 4.39 Å². The zero-order chi connectivity index (χ0) is 8.27. The largest absolute Gasteiger partial charge is 0.371 e. The van der Waals surface area contributed by atoms with Crippen molar-refractivity contribution in [2.24, 2.45) is 5.84 Å². The van der Waals surface area contributed by atoms with Gasteiger partial charge in [-0.25, -0.2) is 15.2 Å². The number of hydrazine groups is 1. The molecule has 0 unspecified atom stereocenters. The third-order valence-electron chi connectivity index (χ3n) is 1.11. The molecular formula is C5H8FN5. The number of nitrogens with one attached hydrogen (secondary N) is 2. The van der Waals surface area contributed by atoms with Crippen molar-refractivity contribution in [1.82, 2.24) is 9.97 Å². The van der Waals surface area contributed by atoms with Crippen LogP contribution < -0.4 is 16.6 Å². The maximum atomic E-state index is 12.7. The van der Waals surface area contributed by atoms with Gasteiger partial charge >= 0.3 is 0 Å². The topological polar surface area (TPSA) is 75.9 Å². The summed E-state index contributed by atoms with van der Waals surface area (Å²) < 4.78 is 12.7. The first kappa shape index (κ1) is 7.67. The number of hydrogen-bond donors (Lipinski definition) is 3. The van der Waals surface area contributed by atoms with E-state index >= 15 is 0 Å². The number of nitrogens with two attached hydrogens (primary N) is 1. The fraction of sp³-hybridized carbons (Fsp3) is 0.200. The first-order chi connectivity index (χ1) is 5.27. The van der Waals surface area contributed by atoms with E-state index in [1.54, 1.807) is 7.05 Å². The first-order valence-corrected chi connectivity index (χ1v) is 2.95. The molecule has 0 amide bonds. The number of nitrogens with zero attached hydrogens (tertiary/aromatic N) is 2. The average molecular weight is 157 g/mol. The van der Waals surface area contributed by atoms with E-state index in [9.17, 15) is 4.39 Å². The lowest BCUT2D eigenvalue weighted by Gasteiger charge is -2.01. The van der Waals surface area contributed by atoms with Crippen LogP contribution in [0.1, 0.15) is 0 Å². The van der Waals surface area contributed by atoms with Crippen LogP contribution in [-0.4, -0.2) is 17.0 Å². The Morgan fingerprint density at radius 1 is 1.64 bits per heavy atom. The molecule has 0 aliphatic heterocycles. The Morgan fingerprint density at radius 3 is 2.91 bits per heavy atom. The number of nitrogen functional groups attached to an aromatic ring is 1. The molecule has 0 saturated heterocycles. The Hall–Kier alpha value is -1.43. The highest BCUT2D eigenvalue weighted by Crippen LogP contribution is 2.09. The summed E-state index contributed by atoms with van der Waals surface area (Å²) in [5.74, 6) is 4.79. The molecule has 0 aliphatic carbocycles. The van der Waals surface area contributed by atoms with Crippen molar-refractivity contribution in [2.45, 2.75) is 0 Å². The highest BCUT2D eigenvalue weighted by Gasteiger charge is 2.02. The second-order valence-corrected chi connectivity index (χ2v) is 1.78. The minimum absolute atomic E-state index is 0.118. The van der Waals surface area contributed by atoms with Crippen molar-refractivity contribution in [3.8, 4) is 0 Å². The maximum Gasteiger partial charge on any atom is 0.239 e. The first-order valence-electron chi connectivity index (χ1n) is 2.95. The Kier molecular flexibility index (Phi) is 2.17. The van der Waals surface area contributed by atoms with E-state index in [-0.39, 0.29) is 11.8 Å². The van der Waals surface area contributed by atoms with Crippen molar-refractivity contribution in [3.05, 3.63) is 12.0 Å². The minimum Gasteiger partial charge on any atom is -0.371 e. The highest BCUT2D eigenvalue weighted by atomic mass is 19.1. The maximum absolute atomic E-state index is 12.7. The summed E-state index contributed by atoms with van der Waals surface area (Å²) in [5.41, 5.74) is 2.20. The van der Waals surface area contributed by atoms with Crippen molar-refractivity contribution >= 4 is 11.8 Å². The zero-order valence-electron chi connectivity index (χ0n) is 5.93. The summed E-state index contributed by atoms with van der Waals surface area (Å²) >= 11 is 0.